The third-order valence-corrected chi connectivity index (χ3v) is 5.08. The van der Waals surface area contributed by atoms with Crippen LogP contribution in [0.4, 0.5) is 0 Å². The summed E-state index contributed by atoms with van der Waals surface area (Å²) in [5.41, 5.74) is 2.85. The number of hydrogen-bond acceptors (Lipinski definition) is 4. The Kier molecular flexibility index (Phi) is 3.41. The van der Waals surface area contributed by atoms with Crippen molar-refractivity contribution in [3.8, 4) is 0 Å². The van der Waals surface area contributed by atoms with E-state index in [1.165, 1.54) is 0 Å². The molecular weight excluding hydrogens is 294 g/mol. The summed E-state index contributed by atoms with van der Waals surface area (Å²) in [6, 6.07) is 5.45. The first-order valence-electron chi connectivity index (χ1n) is 8.12. The number of piperidine rings is 1. The minimum atomic E-state index is -0.540. The van der Waals surface area contributed by atoms with Gasteiger partial charge in [-0.25, -0.2) is 0 Å². The number of amides is 3. The van der Waals surface area contributed by atoms with Crippen molar-refractivity contribution in [1.82, 2.24) is 15.5 Å². The Morgan fingerprint density at radius 1 is 1.13 bits per heavy atom. The third-order valence-electron chi connectivity index (χ3n) is 5.08. The van der Waals surface area contributed by atoms with E-state index < -0.39 is 6.04 Å². The number of hydrogen-bond donors (Lipinski definition) is 2. The average Bonchev–Trinajstić information content (AvgIpc) is 3.16. The van der Waals surface area contributed by atoms with E-state index in [0.29, 0.717) is 18.9 Å². The summed E-state index contributed by atoms with van der Waals surface area (Å²) in [6.45, 7) is 2.32. The van der Waals surface area contributed by atoms with Crippen LogP contribution in [0.3, 0.4) is 0 Å². The lowest BCUT2D eigenvalue weighted by atomic mass is 9.91. The molecule has 23 heavy (non-hydrogen) atoms. The van der Waals surface area contributed by atoms with Gasteiger partial charge in [0.05, 0.1) is 0 Å². The zero-order chi connectivity index (χ0) is 16.0. The summed E-state index contributed by atoms with van der Waals surface area (Å²) < 4.78 is 0. The largest absolute Gasteiger partial charge is 0.322 e. The van der Waals surface area contributed by atoms with Crippen molar-refractivity contribution in [2.24, 2.45) is 0 Å². The zero-order valence-electron chi connectivity index (χ0n) is 12.8. The van der Waals surface area contributed by atoms with Crippen LogP contribution in [0, 0.1) is 0 Å². The molecule has 120 valence electrons. The SMILES string of the molecule is O=C1CCC(N2Cc3cccc(C4CCNC4)c3C2=O)C(=O)N1. The van der Waals surface area contributed by atoms with Gasteiger partial charge in [-0.1, -0.05) is 18.2 Å². The monoisotopic (exact) mass is 313 g/mol. The molecule has 6 nitrogen and oxygen atoms in total. The van der Waals surface area contributed by atoms with Crippen molar-refractivity contribution in [2.45, 2.75) is 37.8 Å². The van der Waals surface area contributed by atoms with Gasteiger partial charge in [0.25, 0.3) is 5.91 Å². The van der Waals surface area contributed by atoms with E-state index in [1.54, 1.807) is 4.90 Å². The minimum Gasteiger partial charge on any atom is -0.322 e. The predicted octanol–water partition coefficient (Wildman–Crippen LogP) is 0.525. The molecule has 0 aromatic heterocycles. The fraction of sp³-hybridized carbons (Fsp3) is 0.471. The van der Waals surface area contributed by atoms with Gasteiger partial charge in [-0.05, 0) is 36.4 Å². The van der Waals surface area contributed by atoms with Crippen LogP contribution >= 0.6 is 0 Å². The van der Waals surface area contributed by atoms with Crippen molar-refractivity contribution < 1.29 is 14.4 Å². The van der Waals surface area contributed by atoms with Crippen molar-refractivity contribution >= 4 is 17.7 Å². The van der Waals surface area contributed by atoms with E-state index in [-0.39, 0.29) is 24.1 Å². The maximum Gasteiger partial charge on any atom is 0.255 e. The quantitative estimate of drug-likeness (QED) is 0.781. The van der Waals surface area contributed by atoms with Crippen molar-refractivity contribution in [3.05, 3.63) is 34.9 Å². The molecule has 1 aromatic rings. The summed E-state index contributed by atoms with van der Waals surface area (Å²) in [7, 11) is 0. The summed E-state index contributed by atoms with van der Waals surface area (Å²) in [6.07, 6.45) is 1.72. The Hall–Kier alpha value is -2.21. The topological polar surface area (TPSA) is 78.5 Å². The van der Waals surface area contributed by atoms with Crippen LogP contribution < -0.4 is 10.6 Å². The first-order chi connectivity index (χ1) is 11.1. The van der Waals surface area contributed by atoms with E-state index >= 15 is 0 Å². The van der Waals surface area contributed by atoms with E-state index in [4.69, 9.17) is 0 Å². The molecule has 6 heteroatoms. The standard InChI is InChI=1S/C17H19N3O3/c21-14-5-4-13(16(22)19-14)20-9-11-2-1-3-12(15(11)17(20)23)10-6-7-18-8-10/h1-3,10,13,18H,4-9H2,(H,19,21,22). The Labute approximate surface area is 134 Å². The van der Waals surface area contributed by atoms with Gasteiger partial charge in [0.15, 0.2) is 0 Å². The number of nitrogens with one attached hydrogen (secondary N) is 2. The van der Waals surface area contributed by atoms with Crippen LogP contribution in [0.1, 0.15) is 46.7 Å². The number of imide groups is 1. The molecule has 3 amide bonds. The van der Waals surface area contributed by atoms with Gasteiger partial charge in [0.2, 0.25) is 11.8 Å². The highest BCUT2D eigenvalue weighted by Gasteiger charge is 2.40. The van der Waals surface area contributed by atoms with Gasteiger partial charge in [-0.2, -0.15) is 0 Å². The molecule has 2 atom stereocenters. The molecule has 0 saturated carbocycles. The Morgan fingerprint density at radius 2 is 2.00 bits per heavy atom. The summed E-state index contributed by atoms with van der Waals surface area (Å²) in [4.78, 5) is 38.0. The molecule has 0 bridgehead atoms. The fourth-order valence-electron chi connectivity index (χ4n) is 3.90. The lowest BCUT2D eigenvalue weighted by Crippen LogP contribution is -2.52. The number of carbonyl (C=O) groups is 3. The molecule has 0 radical (unpaired) electrons. The van der Waals surface area contributed by atoms with Crippen LogP contribution in [-0.2, 0) is 16.1 Å². The lowest BCUT2D eigenvalue weighted by molar-refractivity contribution is -0.136. The van der Waals surface area contributed by atoms with Gasteiger partial charge >= 0.3 is 0 Å². The number of fused-ring (bicyclic) bond motifs is 1. The van der Waals surface area contributed by atoms with Crippen LogP contribution in [0.25, 0.3) is 0 Å². The van der Waals surface area contributed by atoms with E-state index in [2.05, 4.69) is 10.6 Å². The van der Waals surface area contributed by atoms with Gasteiger partial charge in [0.1, 0.15) is 6.04 Å². The van der Waals surface area contributed by atoms with Crippen LogP contribution in [0.2, 0.25) is 0 Å². The molecule has 0 aliphatic carbocycles. The molecule has 3 aliphatic heterocycles. The molecule has 0 spiro atoms. The highest BCUT2D eigenvalue weighted by Crippen LogP contribution is 2.34. The van der Waals surface area contributed by atoms with Crippen LogP contribution in [0.15, 0.2) is 18.2 Å². The predicted molar refractivity (Wildman–Crippen MR) is 82.7 cm³/mol. The normalized spacial score (nSPS) is 27.3. The highest BCUT2D eigenvalue weighted by molar-refractivity contribution is 6.06. The van der Waals surface area contributed by atoms with E-state index in [0.717, 1.165) is 36.2 Å². The summed E-state index contributed by atoms with van der Waals surface area (Å²) in [5.74, 6) is -0.327. The Bertz CT molecular complexity index is 694. The van der Waals surface area contributed by atoms with Crippen molar-refractivity contribution in [2.75, 3.05) is 13.1 Å². The first kappa shape index (κ1) is 14.4. The molecular formula is C17H19N3O3. The summed E-state index contributed by atoms with van der Waals surface area (Å²) >= 11 is 0. The van der Waals surface area contributed by atoms with Gasteiger partial charge in [-0.15, -0.1) is 0 Å². The molecule has 3 aliphatic rings. The number of nitrogens with zero attached hydrogens (tertiary/aromatic N) is 1. The van der Waals surface area contributed by atoms with Gasteiger partial charge < -0.3 is 10.2 Å². The second-order valence-electron chi connectivity index (χ2n) is 6.47. The fourth-order valence-corrected chi connectivity index (χ4v) is 3.90. The zero-order valence-corrected chi connectivity index (χ0v) is 12.8. The molecule has 2 saturated heterocycles. The maximum absolute atomic E-state index is 12.9. The van der Waals surface area contributed by atoms with Crippen LogP contribution in [0.5, 0.6) is 0 Å². The molecule has 2 fully saturated rings. The van der Waals surface area contributed by atoms with Crippen molar-refractivity contribution in [1.29, 1.82) is 0 Å². The molecule has 1 aromatic carbocycles. The molecule has 2 unspecified atom stereocenters. The van der Waals surface area contributed by atoms with Gasteiger partial charge in [-0.3, -0.25) is 19.7 Å². The minimum absolute atomic E-state index is 0.0722. The Morgan fingerprint density at radius 3 is 2.74 bits per heavy atom. The van der Waals surface area contributed by atoms with Crippen LogP contribution in [-0.4, -0.2) is 41.8 Å². The maximum atomic E-state index is 12.9. The lowest BCUT2D eigenvalue weighted by Gasteiger charge is -2.29. The smallest absolute Gasteiger partial charge is 0.255 e. The third kappa shape index (κ3) is 2.34. The van der Waals surface area contributed by atoms with E-state index in [1.807, 2.05) is 18.2 Å². The second-order valence-corrected chi connectivity index (χ2v) is 6.47. The molecule has 4 rings (SSSR count). The average molecular weight is 313 g/mol. The summed E-state index contributed by atoms with van der Waals surface area (Å²) in [5, 5.41) is 5.68. The van der Waals surface area contributed by atoms with Gasteiger partial charge in [0, 0.05) is 25.1 Å². The van der Waals surface area contributed by atoms with E-state index in [9.17, 15) is 14.4 Å². The second kappa shape index (κ2) is 5.45. The highest BCUT2D eigenvalue weighted by atomic mass is 16.2. The number of carbonyl (C=O) groups excluding carboxylic acids is 3. The molecule has 3 heterocycles. The first-order valence-corrected chi connectivity index (χ1v) is 8.12. The number of benzene rings is 1. The molecule has 2 N–H and O–H groups in total. The number of rotatable bonds is 2. The van der Waals surface area contributed by atoms with Crippen molar-refractivity contribution in [3.63, 3.8) is 0 Å². The Balaban J connectivity index is 1.64.